The number of carbonyl (C=O) groups excluding carboxylic acids is 1. The minimum absolute atomic E-state index is 0.118. The average Bonchev–Trinajstić information content (AvgIpc) is 3.12. The summed E-state index contributed by atoms with van der Waals surface area (Å²) in [4.78, 5) is 24.2. The highest BCUT2D eigenvalue weighted by atomic mass is 16.5. The van der Waals surface area contributed by atoms with Gasteiger partial charge in [0, 0.05) is 19.5 Å². The van der Waals surface area contributed by atoms with E-state index in [0.29, 0.717) is 30.9 Å². The summed E-state index contributed by atoms with van der Waals surface area (Å²) < 4.78 is 12.4. The van der Waals surface area contributed by atoms with Crippen LogP contribution in [-0.4, -0.2) is 10.5 Å². The van der Waals surface area contributed by atoms with Gasteiger partial charge in [-0.15, -0.1) is 0 Å². The normalized spacial score (nSPS) is 11.0. The zero-order chi connectivity index (χ0) is 21.5. The van der Waals surface area contributed by atoms with Gasteiger partial charge in [0.05, 0.1) is 18.7 Å². The van der Waals surface area contributed by atoms with Crippen LogP contribution < -0.4 is 11.1 Å². The van der Waals surface area contributed by atoms with E-state index < -0.39 is 5.76 Å². The van der Waals surface area contributed by atoms with Gasteiger partial charge in [-0.3, -0.25) is 9.36 Å². The third kappa shape index (κ3) is 5.49. The Bertz CT molecular complexity index is 1190. The van der Waals surface area contributed by atoms with Crippen molar-refractivity contribution < 1.29 is 13.9 Å². The van der Waals surface area contributed by atoms with E-state index in [1.165, 1.54) is 4.57 Å². The van der Waals surface area contributed by atoms with Gasteiger partial charge >= 0.3 is 5.76 Å². The lowest BCUT2D eigenvalue weighted by Crippen LogP contribution is -2.25. The lowest BCUT2D eigenvalue weighted by molar-refractivity contribution is -0.121. The lowest BCUT2D eigenvalue weighted by atomic mass is 10.1. The maximum Gasteiger partial charge on any atom is 0.419 e. The smallest absolute Gasteiger partial charge is 0.408 e. The van der Waals surface area contributed by atoms with Crippen LogP contribution in [0.3, 0.4) is 0 Å². The second-order valence-corrected chi connectivity index (χ2v) is 7.31. The molecule has 1 N–H and O–H groups in total. The molecule has 4 aromatic rings. The van der Waals surface area contributed by atoms with E-state index in [1.54, 1.807) is 6.07 Å². The molecule has 1 aromatic heterocycles. The second kappa shape index (κ2) is 9.91. The second-order valence-electron chi connectivity index (χ2n) is 7.31. The summed E-state index contributed by atoms with van der Waals surface area (Å²) >= 11 is 0. The monoisotopic (exact) mass is 416 g/mol. The molecule has 0 saturated carbocycles. The molecule has 0 aliphatic rings. The van der Waals surface area contributed by atoms with Crippen LogP contribution in [0.25, 0.3) is 11.1 Å². The number of rotatable bonds is 9. The third-order valence-corrected chi connectivity index (χ3v) is 5.03. The number of fused-ring (bicyclic) bond motifs is 1. The number of nitrogens with one attached hydrogen (secondary N) is 1. The van der Waals surface area contributed by atoms with Crippen molar-refractivity contribution in [3.8, 4) is 0 Å². The summed E-state index contributed by atoms with van der Waals surface area (Å²) in [6.07, 6.45) is 0.203. The number of amides is 1. The van der Waals surface area contributed by atoms with E-state index in [1.807, 2.05) is 72.8 Å². The zero-order valence-electron chi connectivity index (χ0n) is 17.1. The molecule has 31 heavy (non-hydrogen) atoms. The molecular formula is C25H24N2O4. The maximum atomic E-state index is 12.2. The van der Waals surface area contributed by atoms with Crippen LogP contribution in [0.5, 0.6) is 0 Å². The number of nitrogens with zero attached hydrogens (tertiary/aromatic N) is 1. The Labute approximate surface area is 180 Å². The van der Waals surface area contributed by atoms with Gasteiger partial charge < -0.3 is 14.5 Å². The topological polar surface area (TPSA) is 73.5 Å². The predicted molar refractivity (Wildman–Crippen MR) is 118 cm³/mol. The van der Waals surface area contributed by atoms with Gasteiger partial charge in [0.25, 0.3) is 0 Å². The van der Waals surface area contributed by atoms with E-state index in [2.05, 4.69) is 5.32 Å². The van der Waals surface area contributed by atoms with Crippen LogP contribution in [0, 0.1) is 0 Å². The van der Waals surface area contributed by atoms with Gasteiger partial charge in [-0.2, -0.15) is 0 Å². The fourth-order valence-electron chi connectivity index (χ4n) is 3.34. The first-order chi connectivity index (χ1) is 15.2. The number of oxazole rings is 1. The van der Waals surface area contributed by atoms with Crippen LogP contribution in [0.15, 0.2) is 88.1 Å². The van der Waals surface area contributed by atoms with Crippen molar-refractivity contribution in [2.75, 3.05) is 0 Å². The molecule has 0 radical (unpaired) electrons. The fraction of sp³-hybridized carbons (Fsp3) is 0.200. The SMILES string of the molecule is O=C(CCn1c(=O)oc2ccccc21)NCc1ccc(COCc2ccccc2)cc1. The molecule has 0 spiro atoms. The number of carbonyl (C=O) groups is 1. The standard InChI is InChI=1S/C25H24N2O4/c28-24(14-15-27-22-8-4-5-9-23(22)31-25(27)29)26-16-19-10-12-21(13-11-19)18-30-17-20-6-2-1-3-7-20/h1-13H,14-18H2,(H,26,28). The molecule has 1 amide bonds. The van der Waals surface area contributed by atoms with Crippen molar-refractivity contribution in [1.82, 2.24) is 9.88 Å². The molecule has 158 valence electrons. The van der Waals surface area contributed by atoms with Crippen LogP contribution in [0.1, 0.15) is 23.1 Å². The van der Waals surface area contributed by atoms with Crippen molar-refractivity contribution >= 4 is 17.0 Å². The predicted octanol–water partition coefficient (Wildman–Crippen LogP) is 4.02. The summed E-state index contributed by atoms with van der Waals surface area (Å²) in [6, 6.07) is 25.2. The Morgan fingerprint density at radius 3 is 2.26 bits per heavy atom. The van der Waals surface area contributed by atoms with Gasteiger partial charge in [-0.1, -0.05) is 66.7 Å². The molecule has 0 aliphatic carbocycles. The quantitative estimate of drug-likeness (QED) is 0.447. The summed E-state index contributed by atoms with van der Waals surface area (Å²) in [7, 11) is 0. The Morgan fingerprint density at radius 1 is 0.839 bits per heavy atom. The first kappa shape index (κ1) is 20.6. The number of ether oxygens (including phenoxy) is 1. The average molecular weight is 416 g/mol. The highest BCUT2D eigenvalue weighted by molar-refractivity contribution is 5.76. The molecule has 0 aliphatic heterocycles. The molecule has 1 heterocycles. The molecular weight excluding hydrogens is 392 g/mol. The molecule has 0 fully saturated rings. The molecule has 0 bridgehead atoms. The number of hydrogen-bond donors (Lipinski definition) is 1. The van der Waals surface area contributed by atoms with Crippen LogP contribution >= 0.6 is 0 Å². The third-order valence-electron chi connectivity index (χ3n) is 5.03. The molecule has 6 nitrogen and oxygen atoms in total. The number of benzene rings is 3. The maximum absolute atomic E-state index is 12.2. The summed E-state index contributed by atoms with van der Waals surface area (Å²) in [5, 5.41) is 2.90. The molecule has 4 rings (SSSR count). The summed E-state index contributed by atoms with van der Waals surface area (Å²) in [6.45, 7) is 1.83. The van der Waals surface area contributed by atoms with E-state index in [4.69, 9.17) is 9.15 Å². The van der Waals surface area contributed by atoms with Crippen LogP contribution in [-0.2, 0) is 35.8 Å². The highest BCUT2D eigenvalue weighted by Gasteiger charge is 2.10. The van der Waals surface area contributed by atoms with Crippen LogP contribution in [0.2, 0.25) is 0 Å². The van der Waals surface area contributed by atoms with Gasteiger partial charge in [0.2, 0.25) is 5.91 Å². The summed E-state index contributed by atoms with van der Waals surface area (Å²) in [5.74, 6) is -0.563. The van der Waals surface area contributed by atoms with Gasteiger partial charge in [-0.25, -0.2) is 4.79 Å². The Morgan fingerprint density at radius 2 is 1.48 bits per heavy atom. The first-order valence-corrected chi connectivity index (χ1v) is 10.2. The largest absolute Gasteiger partial charge is 0.419 e. The van der Waals surface area contributed by atoms with E-state index >= 15 is 0 Å². The van der Waals surface area contributed by atoms with Gasteiger partial charge in [0.15, 0.2) is 5.58 Å². The number of para-hydroxylation sites is 2. The minimum Gasteiger partial charge on any atom is -0.408 e. The zero-order valence-corrected chi connectivity index (χ0v) is 17.1. The lowest BCUT2D eigenvalue weighted by Gasteiger charge is -2.08. The van der Waals surface area contributed by atoms with E-state index in [-0.39, 0.29) is 18.9 Å². The molecule has 0 saturated heterocycles. The summed E-state index contributed by atoms with van der Waals surface area (Å²) in [5.41, 5.74) is 4.46. The Hall–Kier alpha value is -3.64. The minimum atomic E-state index is -0.445. The van der Waals surface area contributed by atoms with Crippen molar-refractivity contribution in [3.05, 3.63) is 106 Å². The first-order valence-electron chi connectivity index (χ1n) is 10.2. The van der Waals surface area contributed by atoms with Crippen molar-refractivity contribution in [2.24, 2.45) is 0 Å². The number of aromatic nitrogens is 1. The molecule has 3 aromatic carbocycles. The molecule has 0 unspecified atom stereocenters. The number of aryl methyl sites for hydroxylation is 1. The molecule has 0 atom stereocenters. The number of hydrogen-bond acceptors (Lipinski definition) is 4. The molecule has 6 heteroatoms. The van der Waals surface area contributed by atoms with Gasteiger partial charge in [0.1, 0.15) is 0 Å². The highest BCUT2D eigenvalue weighted by Crippen LogP contribution is 2.12. The van der Waals surface area contributed by atoms with Crippen molar-refractivity contribution in [3.63, 3.8) is 0 Å². The fourth-order valence-corrected chi connectivity index (χ4v) is 3.34. The van der Waals surface area contributed by atoms with Crippen molar-refractivity contribution in [1.29, 1.82) is 0 Å². The van der Waals surface area contributed by atoms with Gasteiger partial charge in [-0.05, 0) is 28.8 Å². The van der Waals surface area contributed by atoms with Crippen molar-refractivity contribution in [2.45, 2.75) is 32.7 Å². The van der Waals surface area contributed by atoms with E-state index in [0.717, 1.165) is 16.7 Å². The van der Waals surface area contributed by atoms with E-state index in [9.17, 15) is 9.59 Å². The van der Waals surface area contributed by atoms with Crippen LogP contribution in [0.4, 0.5) is 0 Å². The Kier molecular flexibility index (Phi) is 6.59. The Balaban J connectivity index is 1.22.